The van der Waals surface area contributed by atoms with Gasteiger partial charge in [0, 0.05) is 86.2 Å². The maximum absolute atomic E-state index is 12.4. The number of ether oxygens (including phenoxy) is 2. The molecule has 2 aliphatic rings. The van der Waals surface area contributed by atoms with Crippen LogP contribution in [-0.2, 0) is 9.47 Å². The Labute approximate surface area is 306 Å². The molecule has 2 saturated heterocycles. The van der Waals surface area contributed by atoms with Crippen molar-refractivity contribution in [3.63, 3.8) is 0 Å². The first-order valence-electron chi connectivity index (χ1n) is 16.6. The molecule has 2 amide bonds. The predicted octanol–water partition coefficient (Wildman–Crippen LogP) is 7.00. The minimum Gasteiger partial charge on any atom is -0.460 e. The van der Waals surface area contributed by atoms with E-state index in [0.717, 1.165) is 57.4 Å². The molecule has 0 radical (unpaired) electrons. The van der Waals surface area contributed by atoms with Gasteiger partial charge in [-0.25, -0.2) is 0 Å². The van der Waals surface area contributed by atoms with Gasteiger partial charge in [-0.1, -0.05) is 27.7 Å². The summed E-state index contributed by atoms with van der Waals surface area (Å²) in [5.41, 5.74) is 4.39. The summed E-state index contributed by atoms with van der Waals surface area (Å²) < 4.78 is 23.8. The average molecular weight is 813 g/mol. The number of furan rings is 2. The van der Waals surface area contributed by atoms with Crippen molar-refractivity contribution in [1.82, 2.24) is 16.0 Å². The van der Waals surface area contributed by atoms with E-state index >= 15 is 0 Å². The summed E-state index contributed by atoms with van der Waals surface area (Å²) in [4.78, 5) is 26.2. The molecule has 2 aromatic carbocycles. The monoisotopic (exact) mass is 810 g/mol. The smallest absolute Gasteiger partial charge is 0.257 e. The summed E-state index contributed by atoms with van der Waals surface area (Å²) in [5, 5.41) is 16.2. The summed E-state index contributed by atoms with van der Waals surface area (Å²) >= 11 is 6.97. The lowest BCUT2D eigenvalue weighted by molar-refractivity contribution is 0.0954. The molecule has 14 heteroatoms. The number of morpholine rings is 2. The molecule has 272 valence electrons. The molecular weight excluding hydrogens is 760 g/mol. The van der Waals surface area contributed by atoms with Crippen LogP contribution in [0.3, 0.4) is 0 Å². The van der Waals surface area contributed by atoms with E-state index in [1.54, 1.807) is 21.0 Å². The van der Waals surface area contributed by atoms with Crippen LogP contribution < -0.4 is 31.5 Å². The van der Waals surface area contributed by atoms with E-state index in [-0.39, 0.29) is 11.8 Å². The molecule has 0 saturated carbocycles. The number of carbonyl (C=O) groups is 2. The van der Waals surface area contributed by atoms with E-state index in [0.29, 0.717) is 60.2 Å². The number of hydrogen-bond acceptors (Lipinski definition) is 10. The Kier molecular flexibility index (Phi) is 18.6. The van der Waals surface area contributed by atoms with Gasteiger partial charge in [0.25, 0.3) is 11.8 Å². The summed E-state index contributed by atoms with van der Waals surface area (Å²) in [6.07, 6.45) is 0. The molecular formula is C35H52Br2N6O6. The van der Waals surface area contributed by atoms with Gasteiger partial charge < -0.3 is 49.8 Å². The zero-order chi connectivity index (χ0) is 36.5. The van der Waals surface area contributed by atoms with Crippen molar-refractivity contribution in [1.29, 1.82) is 0 Å². The number of carbonyl (C=O) groups excluding carboxylic acids is 2. The van der Waals surface area contributed by atoms with Crippen LogP contribution >= 0.6 is 31.9 Å². The number of rotatable bonds is 5. The first-order valence-corrected chi connectivity index (χ1v) is 18.2. The van der Waals surface area contributed by atoms with E-state index in [9.17, 15) is 9.59 Å². The average Bonchev–Trinajstić information content (AvgIpc) is 3.69. The van der Waals surface area contributed by atoms with Crippen molar-refractivity contribution < 1.29 is 27.9 Å². The fraction of sp³-hybridized carbons (Fsp3) is 0.486. The number of fused-ring (bicyclic) bond motifs is 2. The summed E-state index contributed by atoms with van der Waals surface area (Å²) in [7, 11) is 6.91. The Balaban J connectivity index is 0.000000272. The molecule has 4 heterocycles. The molecule has 6 rings (SSSR count). The van der Waals surface area contributed by atoms with Crippen molar-refractivity contribution >= 4 is 82.9 Å². The quantitative estimate of drug-likeness (QED) is 0.143. The van der Waals surface area contributed by atoms with Gasteiger partial charge in [0.2, 0.25) is 5.88 Å². The molecule has 0 spiro atoms. The zero-order valence-electron chi connectivity index (χ0n) is 30.1. The third-order valence-electron chi connectivity index (χ3n) is 7.30. The number of amides is 2. The van der Waals surface area contributed by atoms with Gasteiger partial charge >= 0.3 is 0 Å². The largest absolute Gasteiger partial charge is 0.460 e. The van der Waals surface area contributed by atoms with E-state index < -0.39 is 0 Å². The third kappa shape index (κ3) is 10.8. The molecule has 0 unspecified atom stereocenters. The highest BCUT2D eigenvalue weighted by Crippen LogP contribution is 2.38. The molecule has 0 atom stereocenters. The second-order valence-electron chi connectivity index (χ2n) is 10.1. The van der Waals surface area contributed by atoms with Crippen LogP contribution in [0.25, 0.3) is 21.9 Å². The summed E-state index contributed by atoms with van der Waals surface area (Å²) in [6.45, 7) is 16.3. The summed E-state index contributed by atoms with van der Waals surface area (Å²) in [5.74, 6) is 0.951. The van der Waals surface area contributed by atoms with E-state index in [4.69, 9.17) is 18.3 Å². The van der Waals surface area contributed by atoms with E-state index in [2.05, 4.69) is 63.3 Å². The van der Waals surface area contributed by atoms with E-state index in [1.807, 2.05) is 66.1 Å². The highest BCUT2D eigenvalue weighted by Gasteiger charge is 2.26. The highest BCUT2D eigenvalue weighted by atomic mass is 79.9. The predicted molar refractivity (Wildman–Crippen MR) is 208 cm³/mol. The zero-order valence-corrected chi connectivity index (χ0v) is 33.3. The van der Waals surface area contributed by atoms with Crippen molar-refractivity contribution in [2.24, 2.45) is 0 Å². The Morgan fingerprint density at radius 3 is 1.57 bits per heavy atom. The molecule has 2 aromatic heterocycles. The van der Waals surface area contributed by atoms with Gasteiger partial charge in [0.15, 0.2) is 0 Å². The Hall–Kier alpha value is -3.30. The molecule has 2 fully saturated rings. The van der Waals surface area contributed by atoms with Crippen LogP contribution in [0.5, 0.6) is 0 Å². The maximum Gasteiger partial charge on any atom is 0.257 e. The number of anilines is 3. The fourth-order valence-electron chi connectivity index (χ4n) is 4.98. The molecule has 0 bridgehead atoms. The molecule has 4 aromatic rings. The first-order chi connectivity index (χ1) is 23.7. The lowest BCUT2D eigenvalue weighted by atomic mass is 10.1. The minimum absolute atomic E-state index is 0.134. The number of halogens is 2. The van der Waals surface area contributed by atoms with Gasteiger partial charge in [-0.15, -0.1) is 0 Å². The van der Waals surface area contributed by atoms with Crippen molar-refractivity contribution in [2.75, 3.05) is 96.3 Å². The lowest BCUT2D eigenvalue weighted by Gasteiger charge is -2.27. The normalized spacial score (nSPS) is 13.7. The fourth-order valence-corrected chi connectivity index (χ4v) is 6.07. The molecule has 5 N–H and O–H groups in total. The number of aryl methyl sites for hydroxylation is 1. The molecule has 0 aliphatic carbocycles. The lowest BCUT2D eigenvalue weighted by Crippen LogP contribution is -2.37. The number of nitrogens with zero attached hydrogens (tertiary/aromatic N) is 1. The van der Waals surface area contributed by atoms with Gasteiger partial charge in [-0.2, -0.15) is 0 Å². The van der Waals surface area contributed by atoms with Gasteiger partial charge in [-0.05, 0) is 50.9 Å². The Morgan fingerprint density at radius 2 is 1.14 bits per heavy atom. The van der Waals surface area contributed by atoms with Crippen LogP contribution in [0.2, 0.25) is 0 Å². The van der Waals surface area contributed by atoms with Crippen molar-refractivity contribution in [3.8, 4) is 0 Å². The number of hydrogen-bond donors (Lipinski definition) is 5. The van der Waals surface area contributed by atoms with Crippen LogP contribution in [0, 0.1) is 6.92 Å². The SMILES string of the molecule is C1COCCN1.CC.CC.CNC(=O)c1c(C)oc2cc(NC)c(Br)cc12.CNC(=O)c1c(N2CCOCC2)oc2cc(NC)c(Br)cc12. The van der Waals surface area contributed by atoms with Crippen LogP contribution in [-0.4, -0.2) is 92.6 Å². The highest BCUT2D eigenvalue weighted by molar-refractivity contribution is 9.11. The number of nitrogens with one attached hydrogen (secondary N) is 5. The molecule has 2 aliphatic heterocycles. The minimum atomic E-state index is -0.149. The van der Waals surface area contributed by atoms with Gasteiger partial charge in [0.1, 0.15) is 22.5 Å². The second kappa shape index (κ2) is 21.7. The molecule has 49 heavy (non-hydrogen) atoms. The first kappa shape index (κ1) is 41.9. The topological polar surface area (TPSA) is 142 Å². The Morgan fingerprint density at radius 1 is 0.694 bits per heavy atom. The Bertz CT molecular complexity index is 1620. The third-order valence-corrected chi connectivity index (χ3v) is 8.62. The van der Waals surface area contributed by atoms with Crippen LogP contribution in [0.1, 0.15) is 54.2 Å². The van der Waals surface area contributed by atoms with Gasteiger partial charge in [-0.3, -0.25) is 9.59 Å². The maximum atomic E-state index is 12.4. The molecule has 12 nitrogen and oxygen atoms in total. The standard InChI is InChI=1S/C15H18BrN3O3.C12H13BrN2O2.C4H9NO.2C2H6/c1-17-11-8-12-9(7-10(11)16)13(14(20)18-2)15(22-12)19-3-5-21-6-4-19;1-6-11(12(16)15-3)7-4-8(13)9(14-2)5-10(7)17-6;1-3-6-4-2-5-1;2*1-2/h7-8,17H,3-6H2,1-2H3,(H,18,20);4-5,14H,1-3H3,(H,15,16);5H,1-4H2;2*1-2H3. The van der Waals surface area contributed by atoms with Gasteiger partial charge in [0.05, 0.1) is 43.4 Å². The van der Waals surface area contributed by atoms with Crippen LogP contribution in [0.4, 0.5) is 17.3 Å². The summed E-state index contributed by atoms with van der Waals surface area (Å²) in [6, 6.07) is 7.58. The van der Waals surface area contributed by atoms with Crippen LogP contribution in [0.15, 0.2) is 42.0 Å². The number of benzene rings is 2. The van der Waals surface area contributed by atoms with E-state index in [1.165, 1.54) is 0 Å². The second-order valence-corrected chi connectivity index (χ2v) is 11.8. The van der Waals surface area contributed by atoms with Crippen molar-refractivity contribution in [3.05, 3.63) is 50.1 Å². The van der Waals surface area contributed by atoms with Crippen molar-refractivity contribution in [2.45, 2.75) is 34.6 Å².